The van der Waals surface area contributed by atoms with Gasteiger partial charge in [0.25, 0.3) is 0 Å². The molecule has 0 rings (SSSR count). The zero-order chi connectivity index (χ0) is 36.4. The van der Waals surface area contributed by atoms with E-state index in [0.717, 1.165) is 70.6 Å². The van der Waals surface area contributed by atoms with E-state index >= 15 is 0 Å². The van der Waals surface area contributed by atoms with E-state index < -0.39 is 18.1 Å². The van der Waals surface area contributed by atoms with Crippen molar-refractivity contribution in [3.8, 4) is 0 Å². The Morgan fingerprint density at radius 3 is 1.82 bits per heavy atom. The van der Waals surface area contributed by atoms with Gasteiger partial charge in [-0.05, 0) is 57.8 Å². The van der Waals surface area contributed by atoms with Crippen LogP contribution in [0.15, 0.2) is 48.6 Å². The molecule has 49 heavy (non-hydrogen) atoms. The second-order valence-corrected chi connectivity index (χ2v) is 13.8. The normalized spacial score (nSPS) is 13.6. The van der Waals surface area contributed by atoms with Crippen molar-refractivity contribution >= 4 is 17.9 Å². The smallest absolute Gasteiger partial charge is 0.362 e. The Morgan fingerprint density at radius 1 is 0.653 bits per heavy atom. The lowest BCUT2D eigenvalue weighted by Crippen LogP contribution is -2.50. The number of nitrogens with zero attached hydrogens (tertiary/aromatic N) is 1. The Kier molecular flexibility index (Phi) is 30.7. The van der Waals surface area contributed by atoms with E-state index in [4.69, 9.17) is 14.2 Å². The third-order valence-corrected chi connectivity index (χ3v) is 8.24. The fourth-order valence-corrected chi connectivity index (χ4v) is 5.22. The molecule has 0 saturated carbocycles. The third-order valence-electron chi connectivity index (χ3n) is 8.24. The molecule has 0 spiro atoms. The third kappa shape index (κ3) is 31.0. The van der Waals surface area contributed by atoms with Crippen LogP contribution in [0.2, 0.25) is 0 Å². The van der Waals surface area contributed by atoms with Crippen LogP contribution in [-0.2, 0) is 28.6 Å². The summed E-state index contributed by atoms with van der Waals surface area (Å²) in [6.45, 7) is 4.51. The number of carboxylic acids is 1. The fourth-order valence-electron chi connectivity index (χ4n) is 5.22. The fraction of sp³-hybridized carbons (Fsp3) is 0.732. The number of hydrogen-bond acceptors (Lipinski definition) is 6. The zero-order valence-corrected chi connectivity index (χ0v) is 31.9. The van der Waals surface area contributed by atoms with Crippen molar-refractivity contribution < 1.29 is 38.2 Å². The molecule has 0 aromatic rings. The number of quaternary nitrogens is 1. The number of allylic oxidation sites excluding steroid dienone is 8. The van der Waals surface area contributed by atoms with Gasteiger partial charge in [-0.2, -0.15) is 0 Å². The lowest BCUT2D eigenvalue weighted by atomic mass is 10.1. The van der Waals surface area contributed by atoms with Gasteiger partial charge >= 0.3 is 17.9 Å². The van der Waals surface area contributed by atoms with E-state index in [1.54, 1.807) is 0 Å². The predicted octanol–water partition coefficient (Wildman–Crippen LogP) is 9.68. The van der Waals surface area contributed by atoms with Crippen molar-refractivity contribution in [3.05, 3.63) is 48.6 Å². The first kappa shape index (κ1) is 46.3. The number of aliphatic carboxylic acids is 1. The zero-order valence-electron chi connectivity index (χ0n) is 31.9. The Balaban J connectivity index is 4.46. The van der Waals surface area contributed by atoms with Crippen LogP contribution in [0, 0.1) is 0 Å². The molecule has 8 heteroatoms. The van der Waals surface area contributed by atoms with Gasteiger partial charge in [-0.15, -0.1) is 0 Å². The van der Waals surface area contributed by atoms with Gasteiger partial charge in [0.1, 0.15) is 6.61 Å². The first-order chi connectivity index (χ1) is 23.6. The van der Waals surface area contributed by atoms with Gasteiger partial charge in [-0.25, -0.2) is 4.79 Å². The van der Waals surface area contributed by atoms with E-state index in [2.05, 4.69) is 62.5 Å². The molecule has 8 nitrogen and oxygen atoms in total. The summed E-state index contributed by atoms with van der Waals surface area (Å²) in [6.07, 6.45) is 35.8. The van der Waals surface area contributed by atoms with Crippen molar-refractivity contribution in [2.75, 3.05) is 41.0 Å². The molecule has 0 aromatic carbocycles. The minimum absolute atomic E-state index is 0.0464. The topological polar surface area (TPSA) is 99.1 Å². The summed E-state index contributed by atoms with van der Waals surface area (Å²) in [6, 6.07) is -0.620. The standard InChI is InChI=1S/C41H71NO7/c1-6-8-10-12-14-16-18-19-20-22-23-25-27-29-31-39(43)48-36-37(35-47-34-33-38(41(45)46)42(3,4)5)49-40(44)32-30-28-26-24-21-17-15-13-11-9-7-2/h8,10,13-17,21,37-38H,6-7,9,11-12,18-20,22-36H2,1-5H3/p+1/b10-8+,15-13+,16-14+,21-17+. The molecule has 0 aliphatic heterocycles. The van der Waals surface area contributed by atoms with E-state index in [1.807, 2.05) is 21.1 Å². The number of rotatable bonds is 33. The molecule has 0 amide bonds. The quantitative estimate of drug-likeness (QED) is 0.0241. The minimum Gasteiger partial charge on any atom is -0.477 e. The number of unbranched alkanes of at least 4 members (excludes halogenated alkanes) is 12. The van der Waals surface area contributed by atoms with Crippen LogP contribution in [0.4, 0.5) is 0 Å². The highest BCUT2D eigenvalue weighted by Crippen LogP contribution is 2.13. The molecule has 1 N–H and O–H groups in total. The van der Waals surface area contributed by atoms with Crippen LogP contribution in [-0.4, -0.2) is 80.6 Å². The number of esters is 2. The molecule has 2 unspecified atom stereocenters. The van der Waals surface area contributed by atoms with Crippen LogP contribution in [0.3, 0.4) is 0 Å². The van der Waals surface area contributed by atoms with E-state index in [0.29, 0.717) is 19.3 Å². The lowest BCUT2D eigenvalue weighted by molar-refractivity contribution is -0.887. The molecule has 0 aliphatic carbocycles. The van der Waals surface area contributed by atoms with Crippen LogP contribution in [0.1, 0.15) is 142 Å². The highest BCUT2D eigenvalue weighted by molar-refractivity contribution is 5.72. The number of hydrogen-bond donors (Lipinski definition) is 1. The summed E-state index contributed by atoms with van der Waals surface area (Å²) in [4.78, 5) is 36.7. The van der Waals surface area contributed by atoms with Gasteiger partial charge in [-0.3, -0.25) is 9.59 Å². The minimum atomic E-state index is -0.883. The van der Waals surface area contributed by atoms with Crippen molar-refractivity contribution in [1.82, 2.24) is 0 Å². The monoisotopic (exact) mass is 691 g/mol. The van der Waals surface area contributed by atoms with E-state index in [1.165, 1.54) is 38.5 Å². The second-order valence-electron chi connectivity index (χ2n) is 13.8. The van der Waals surface area contributed by atoms with Crippen LogP contribution in [0.25, 0.3) is 0 Å². The summed E-state index contributed by atoms with van der Waals surface area (Å²) in [5.74, 6) is -1.52. The average molecular weight is 691 g/mol. The van der Waals surface area contributed by atoms with Gasteiger partial charge in [0.2, 0.25) is 0 Å². The maximum absolute atomic E-state index is 12.6. The number of carbonyl (C=O) groups excluding carboxylic acids is 2. The summed E-state index contributed by atoms with van der Waals surface area (Å²) < 4.78 is 17.1. The largest absolute Gasteiger partial charge is 0.477 e. The van der Waals surface area contributed by atoms with Crippen molar-refractivity contribution in [2.24, 2.45) is 0 Å². The Hall–Kier alpha value is -2.71. The van der Waals surface area contributed by atoms with Crippen LogP contribution < -0.4 is 0 Å². The highest BCUT2D eigenvalue weighted by atomic mass is 16.6. The summed E-state index contributed by atoms with van der Waals surface area (Å²) in [7, 11) is 5.50. The van der Waals surface area contributed by atoms with Gasteiger partial charge in [0, 0.05) is 19.3 Å². The van der Waals surface area contributed by atoms with Crippen molar-refractivity contribution in [3.63, 3.8) is 0 Å². The lowest BCUT2D eigenvalue weighted by Gasteiger charge is -2.31. The van der Waals surface area contributed by atoms with E-state index in [9.17, 15) is 19.5 Å². The first-order valence-corrected chi connectivity index (χ1v) is 19.2. The molecular formula is C41H72NO7+. The molecule has 0 aliphatic rings. The van der Waals surface area contributed by atoms with Gasteiger partial charge in [-0.1, -0.05) is 114 Å². The van der Waals surface area contributed by atoms with Crippen molar-refractivity contribution in [1.29, 1.82) is 0 Å². The number of carboxylic acid groups (broad SMARTS) is 1. The summed E-state index contributed by atoms with van der Waals surface area (Å²) >= 11 is 0. The molecule has 0 bridgehead atoms. The number of likely N-dealkylation sites (N-methyl/N-ethyl adjacent to an activating group) is 1. The van der Waals surface area contributed by atoms with Gasteiger partial charge < -0.3 is 23.8 Å². The summed E-state index contributed by atoms with van der Waals surface area (Å²) in [5.41, 5.74) is 0. The predicted molar refractivity (Wildman–Crippen MR) is 201 cm³/mol. The Morgan fingerprint density at radius 2 is 1.20 bits per heavy atom. The van der Waals surface area contributed by atoms with Gasteiger partial charge in [0.05, 0.1) is 34.4 Å². The molecule has 0 heterocycles. The average Bonchev–Trinajstić information content (AvgIpc) is 3.05. The first-order valence-electron chi connectivity index (χ1n) is 19.2. The molecular weight excluding hydrogens is 618 g/mol. The molecule has 2 atom stereocenters. The number of carbonyl (C=O) groups is 3. The summed E-state index contributed by atoms with van der Waals surface area (Å²) in [5, 5.41) is 9.57. The second kappa shape index (κ2) is 32.5. The molecule has 0 aromatic heterocycles. The Bertz CT molecular complexity index is 948. The van der Waals surface area contributed by atoms with Crippen LogP contribution in [0.5, 0.6) is 0 Å². The van der Waals surface area contributed by atoms with Crippen molar-refractivity contribution in [2.45, 2.75) is 154 Å². The molecule has 0 saturated heterocycles. The van der Waals surface area contributed by atoms with Crippen LogP contribution >= 0.6 is 0 Å². The number of ether oxygens (including phenoxy) is 3. The maximum atomic E-state index is 12.6. The molecule has 0 radical (unpaired) electrons. The Labute approximate surface area is 299 Å². The van der Waals surface area contributed by atoms with E-state index in [-0.39, 0.29) is 36.2 Å². The maximum Gasteiger partial charge on any atom is 0.362 e. The molecule has 0 fully saturated rings. The highest BCUT2D eigenvalue weighted by Gasteiger charge is 2.31. The molecule has 282 valence electrons. The van der Waals surface area contributed by atoms with Gasteiger partial charge in [0.15, 0.2) is 12.1 Å². The SMILES string of the molecule is CC/C=C/C/C=C/CCCCCCCCCC(=O)OCC(COCCC(C(=O)O)[N+](C)(C)C)OC(=O)CCCCC/C=C/C=C/CCCC.